The standard InChI is InChI=1S/C5H7N3O2/c1-8-3-4(9)6-5(7-8)10-2/h3H,1-2H3. The first-order valence-electron chi connectivity index (χ1n) is 2.68. The molecule has 0 N–H and O–H groups in total. The molecule has 10 heavy (non-hydrogen) atoms. The van der Waals surface area contributed by atoms with E-state index in [9.17, 15) is 5.11 Å². The Kier molecular flexibility index (Phi) is 1.66. The van der Waals surface area contributed by atoms with Crippen LogP contribution in [-0.2, 0) is 7.05 Å². The SMILES string of the molecule is COc1nc([O-])c[n+](C)n1. The molecule has 1 heterocycles. The summed E-state index contributed by atoms with van der Waals surface area (Å²) in [4.78, 5) is 3.44. The normalized spacial score (nSPS) is 9.40. The molecule has 0 aromatic carbocycles. The summed E-state index contributed by atoms with van der Waals surface area (Å²) in [5, 5.41) is 14.4. The summed E-state index contributed by atoms with van der Waals surface area (Å²) in [6.45, 7) is 0. The zero-order valence-electron chi connectivity index (χ0n) is 5.74. The van der Waals surface area contributed by atoms with Crippen molar-refractivity contribution in [2.45, 2.75) is 0 Å². The predicted octanol–water partition coefficient (Wildman–Crippen LogP) is -1.62. The van der Waals surface area contributed by atoms with E-state index >= 15 is 0 Å². The lowest BCUT2D eigenvalue weighted by Crippen LogP contribution is -2.33. The van der Waals surface area contributed by atoms with Gasteiger partial charge >= 0.3 is 6.01 Å². The maximum atomic E-state index is 10.6. The second-order valence-electron chi connectivity index (χ2n) is 1.74. The van der Waals surface area contributed by atoms with E-state index in [-0.39, 0.29) is 11.9 Å². The molecule has 0 fully saturated rings. The summed E-state index contributed by atoms with van der Waals surface area (Å²) in [6.07, 6.45) is 1.27. The molecule has 1 aromatic rings. The molecule has 0 radical (unpaired) electrons. The quantitative estimate of drug-likeness (QED) is 0.441. The molecule has 0 saturated carbocycles. The minimum Gasteiger partial charge on any atom is -0.854 e. The van der Waals surface area contributed by atoms with Crippen LogP contribution in [0.3, 0.4) is 0 Å². The van der Waals surface area contributed by atoms with Gasteiger partial charge in [-0.2, -0.15) is 0 Å². The molecule has 0 aliphatic carbocycles. The van der Waals surface area contributed by atoms with E-state index in [0.717, 1.165) is 0 Å². The van der Waals surface area contributed by atoms with Crippen molar-refractivity contribution in [1.29, 1.82) is 0 Å². The molecule has 0 aliphatic rings. The van der Waals surface area contributed by atoms with E-state index in [4.69, 9.17) is 0 Å². The minimum absolute atomic E-state index is 0.0926. The van der Waals surface area contributed by atoms with E-state index in [1.54, 1.807) is 7.05 Å². The third-order valence-electron chi connectivity index (χ3n) is 0.929. The maximum Gasteiger partial charge on any atom is 0.378 e. The molecular formula is C5H7N3O2. The summed E-state index contributed by atoms with van der Waals surface area (Å²) in [6, 6.07) is 0.0926. The van der Waals surface area contributed by atoms with Crippen LogP contribution in [0.1, 0.15) is 0 Å². The van der Waals surface area contributed by atoms with Crippen molar-refractivity contribution >= 4 is 0 Å². The zero-order chi connectivity index (χ0) is 7.56. The third-order valence-corrected chi connectivity index (χ3v) is 0.929. The molecule has 0 unspecified atom stereocenters. The molecule has 5 heteroatoms. The van der Waals surface area contributed by atoms with Crippen LogP contribution in [0.5, 0.6) is 11.9 Å². The van der Waals surface area contributed by atoms with Crippen molar-refractivity contribution in [1.82, 2.24) is 10.1 Å². The van der Waals surface area contributed by atoms with Gasteiger partial charge in [0.1, 0.15) is 0 Å². The van der Waals surface area contributed by atoms with E-state index in [1.807, 2.05) is 0 Å². The molecule has 0 amide bonds. The smallest absolute Gasteiger partial charge is 0.378 e. The van der Waals surface area contributed by atoms with Gasteiger partial charge in [0.25, 0.3) is 0 Å². The second kappa shape index (κ2) is 2.47. The van der Waals surface area contributed by atoms with Gasteiger partial charge in [-0.3, -0.25) is 0 Å². The minimum atomic E-state index is -0.352. The Morgan fingerprint density at radius 2 is 2.40 bits per heavy atom. The van der Waals surface area contributed by atoms with Crippen molar-refractivity contribution in [3.63, 3.8) is 0 Å². The van der Waals surface area contributed by atoms with E-state index in [0.29, 0.717) is 0 Å². The maximum absolute atomic E-state index is 10.6. The average molecular weight is 141 g/mol. The Labute approximate surface area is 57.9 Å². The van der Waals surface area contributed by atoms with Crippen LogP contribution in [0, 0.1) is 0 Å². The van der Waals surface area contributed by atoms with Crippen LogP contribution in [0.15, 0.2) is 6.20 Å². The lowest BCUT2D eigenvalue weighted by atomic mass is 10.8. The number of ether oxygens (including phenoxy) is 1. The van der Waals surface area contributed by atoms with Crippen LogP contribution >= 0.6 is 0 Å². The number of methoxy groups -OCH3 is 1. The fourth-order valence-electron chi connectivity index (χ4n) is 0.556. The lowest BCUT2D eigenvalue weighted by Gasteiger charge is -2.00. The molecule has 0 atom stereocenters. The molecule has 1 aromatic heterocycles. The number of hydrogen-bond donors (Lipinski definition) is 0. The predicted molar refractivity (Wildman–Crippen MR) is 29.2 cm³/mol. The molecule has 0 spiro atoms. The van der Waals surface area contributed by atoms with Gasteiger partial charge in [0.2, 0.25) is 6.20 Å². The van der Waals surface area contributed by atoms with Crippen LogP contribution in [0.25, 0.3) is 0 Å². The van der Waals surface area contributed by atoms with Crippen molar-refractivity contribution < 1.29 is 14.5 Å². The molecular weight excluding hydrogens is 134 g/mol. The molecule has 0 saturated heterocycles. The van der Waals surface area contributed by atoms with Crippen molar-refractivity contribution in [2.75, 3.05) is 7.11 Å². The van der Waals surface area contributed by atoms with E-state index in [2.05, 4.69) is 14.8 Å². The highest BCUT2D eigenvalue weighted by molar-refractivity contribution is 4.97. The van der Waals surface area contributed by atoms with Gasteiger partial charge in [-0.1, -0.05) is 4.68 Å². The summed E-state index contributed by atoms with van der Waals surface area (Å²) in [7, 11) is 3.04. The second-order valence-corrected chi connectivity index (χ2v) is 1.74. The van der Waals surface area contributed by atoms with Gasteiger partial charge in [-0.25, -0.2) is 4.98 Å². The summed E-state index contributed by atoms with van der Waals surface area (Å²) in [5.74, 6) is -0.352. The Bertz CT molecular complexity index is 218. The van der Waals surface area contributed by atoms with Gasteiger partial charge < -0.3 is 9.84 Å². The summed E-state index contributed by atoms with van der Waals surface area (Å²) in [5.41, 5.74) is 0. The largest absolute Gasteiger partial charge is 0.854 e. The number of aryl methyl sites for hydroxylation is 1. The molecule has 5 nitrogen and oxygen atoms in total. The Morgan fingerprint density at radius 1 is 1.70 bits per heavy atom. The fraction of sp³-hybridized carbons (Fsp3) is 0.400. The van der Waals surface area contributed by atoms with Gasteiger partial charge in [0, 0.05) is 0 Å². The van der Waals surface area contributed by atoms with Crippen molar-refractivity contribution in [2.24, 2.45) is 7.05 Å². The van der Waals surface area contributed by atoms with Crippen LogP contribution in [-0.4, -0.2) is 17.2 Å². The number of aromatic nitrogens is 3. The van der Waals surface area contributed by atoms with Gasteiger partial charge in [-0.05, 0) is 0 Å². The Balaban J connectivity index is 3.06. The molecule has 1 rings (SSSR count). The fourth-order valence-corrected chi connectivity index (χ4v) is 0.556. The van der Waals surface area contributed by atoms with E-state index in [1.165, 1.54) is 18.0 Å². The first-order chi connectivity index (χ1) is 4.72. The first-order valence-corrected chi connectivity index (χ1v) is 2.68. The topological polar surface area (TPSA) is 62.0 Å². The highest BCUT2D eigenvalue weighted by atomic mass is 16.5. The third kappa shape index (κ3) is 1.31. The number of rotatable bonds is 1. The van der Waals surface area contributed by atoms with Gasteiger partial charge in [0.15, 0.2) is 7.05 Å². The van der Waals surface area contributed by atoms with Crippen LogP contribution < -0.4 is 14.5 Å². The molecule has 54 valence electrons. The van der Waals surface area contributed by atoms with Gasteiger partial charge in [0.05, 0.1) is 18.1 Å². The van der Waals surface area contributed by atoms with E-state index < -0.39 is 0 Å². The summed E-state index contributed by atoms with van der Waals surface area (Å²) < 4.78 is 5.99. The number of hydrogen-bond acceptors (Lipinski definition) is 4. The van der Waals surface area contributed by atoms with Crippen LogP contribution in [0.2, 0.25) is 0 Å². The monoisotopic (exact) mass is 141 g/mol. The number of nitrogens with zero attached hydrogens (tertiary/aromatic N) is 3. The van der Waals surface area contributed by atoms with Crippen molar-refractivity contribution in [3.05, 3.63) is 6.20 Å². The lowest BCUT2D eigenvalue weighted by molar-refractivity contribution is -0.734. The first kappa shape index (κ1) is 6.73. The Morgan fingerprint density at radius 3 is 2.90 bits per heavy atom. The molecule has 0 bridgehead atoms. The van der Waals surface area contributed by atoms with Crippen LogP contribution in [0.4, 0.5) is 0 Å². The Hall–Kier alpha value is -1.39. The summed E-state index contributed by atoms with van der Waals surface area (Å²) >= 11 is 0. The molecule has 0 aliphatic heterocycles. The van der Waals surface area contributed by atoms with Crippen molar-refractivity contribution in [3.8, 4) is 11.9 Å². The average Bonchev–Trinajstić information content (AvgIpc) is 1.85. The highest BCUT2D eigenvalue weighted by Crippen LogP contribution is 1.98. The zero-order valence-corrected chi connectivity index (χ0v) is 5.74. The highest BCUT2D eigenvalue weighted by Gasteiger charge is 2.00. The van der Waals surface area contributed by atoms with Gasteiger partial charge in [-0.15, -0.1) is 0 Å².